The zero-order valence-electron chi connectivity index (χ0n) is 10.8. The number of nitrogens with zero attached hydrogens (tertiary/aromatic N) is 1. The van der Waals surface area contributed by atoms with Crippen LogP contribution in [0.1, 0.15) is 33.6 Å². The molecule has 1 rings (SSSR count). The third-order valence-electron chi connectivity index (χ3n) is 3.50. The standard InChI is InChI=1S/C13H24N2O/c1-5-11(2)10-12(16)13(3,4)15-8-6-14-7-9-15/h14H,2,5-10H2,1,3-4H3. The first-order valence-electron chi connectivity index (χ1n) is 6.14. The molecule has 1 fully saturated rings. The molecular weight excluding hydrogens is 200 g/mol. The van der Waals surface area contributed by atoms with Crippen molar-refractivity contribution >= 4 is 5.78 Å². The lowest BCUT2D eigenvalue weighted by molar-refractivity contribution is -0.129. The van der Waals surface area contributed by atoms with E-state index in [9.17, 15) is 4.79 Å². The molecule has 92 valence electrons. The lowest BCUT2D eigenvalue weighted by Crippen LogP contribution is -2.57. The van der Waals surface area contributed by atoms with Crippen molar-refractivity contribution < 1.29 is 4.79 Å². The van der Waals surface area contributed by atoms with E-state index in [1.54, 1.807) is 0 Å². The van der Waals surface area contributed by atoms with Gasteiger partial charge in [-0.3, -0.25) is 9.69 Å². The van der Waals surface area contributed by atoms with Crippen LogP contribution in [-0.2, 0) is 4.79 Å². The van der Waals surface area contributed by atoms with Crippen LogP contribution in [0.25, 0.3) is 0 Å². The quantitative estimate of drug-likeness (QED) is 0.720. The summed E-state index contributed by atoms with van der Waals surface area (Å²) in [5.74, 6) is 0.293. The Morgan fingerprint density at radius 2 is 1.94 bits per heavy atom. The number of Topliss-reactive ketones (excluding diaryl/α,β-unsaturated/α-hetero) is 1. The van der Waals surface area contributed by atoms with Gasteiger partial charge in [0.1, 0.15) is 0 Å². The van der Waals surface area contributed by atoms with Crippen LogP contribution < -0.4 is 5.32 Å². The highest BCUT2D eigenvalue weighted by molar-refractivity contribution is 5.89. The average molecular weight is 224 g/mol. The molecule has 0 amide bonds. The predicted molar refractivity (Wildman–Crippen MR) is 67.6 cm³/mol. The molecule has 3 heteroatoms. The van der Waals surface area contributed by atoms with Crippen molar-refractivity contribution in [3.8, 4) is 0 Å². The Hall–Kier alpha value is -0.670. The van der Waals surface area contributed by atoms with Crippen LogP contribution in [0, 0.1) is 0 Å². The number of carbonyl (C=O) groups is 1. The fourth-order valence-corrected chi connectivity index (χ4v) is 1.97. The van der Waals surface area contributed by atoms with Crippen molar-refractivity contribution in [1.82, 2.24) is 10.2 Å². The van der Waals surface area contributed by atoms with Gasteiger partial charge in [-0.2, -0.15) is 0 Å². The molecular formula is C13H24N2O. The van der Waals surface area contributed by atoms with Gasteiger partial charge in [-0.05, 0) is 20.3 Å². The van der Waals surface area contributed by atoms with E-state index in [4.69, 9.17) is 0 Å². The summed E-state index contributed by atoms with van der Waals surface area (Å²) >= 11 is 0. The molecule has 0 bridgehead atoms. The van der Waals surface area contributed by atoms with Gasteiger partial charge in [0.2, 0.25) is 0 Å². The minimum Gasteiger partial charge on any atom is -0.314 e. The van der Waals surface area contributed by atoms with Crippen LogP contribution in [-0.4, -0.2) is 42.4 Å². The number of allylic oxidation sites excluding steroid dienone is 1. The molecule has 1 aliphatic heterocycles. The fourth-order valence-electron chi connectivity index (χ4n) is 1.97. The third kappa shape index (κ3) is 3.16. The Balaban J connectivity index is 2.60. The number of ketones is 1. The van der Waals surface area contributed by atoms with E-state index in [-0.39, 0.29) is 5.54 Å². The second kappa shape index (κ2) is 5.60. The first kappa shape index (κ1) is 13.4. The number of hydrogen-bond acceptors (Lipinski definition) is 3. The van der Waals surface area contributed by atoms with Gasteiger partial charge in [-0.1, -0.05) is 19.1 Å². The molecule has 1 saturated heterocycles. The van der Waals surface area contributed by atoms with E-state index >= 15 is 0 Å². The summed E-state index contributed by atoms with van der Waals surface area (Å²) in [6, 6.07) is 0. The van der Waals surface area contributed by atoms with Crippen LogP contribution in [0.2, 0.25) is 0 Å². The van der Waals surface area contributed by atoms with Gasteiger partial charge in [0.05, 0.1) is 5.54 Å². The number of rotatable bonds is 5. The highest BCUT2D eigenvalue weighted by Gasteiger charge is 2.34. The monoisotopic (exact) mass is 224 g/mol. The van der Waals surface area contributed by atoms with E-state index < -0.39 is 0 Å². The Labute approximate surface area is 98.9 Å². The molecule has 0 spiro atoms. The largest absolute Gasteiger partial charge is 0.314 e. The Kier molecular flexibility index (Phi) is 4.69. The van der Waals surface area contributed by atoms with Crippen LogP contribution >= 0.6 is 0 Å². The minimum absolute atomic E-state index is 0.293. The van der Waals surface area contributed by atoms with Crippen molar-refractivity contribution in [2.24, 2.45) is 0 Å². The molecule has 0 aromatic rings. The summed E-state index contributed by atoms with van der Waals surface area (Å²) < 4.78 is 0. The summed E-state index contributed by atoms with van der Waals surface area (Å²) in [5.41, 5.74) is 0.688. The van der Waals surface area contributed by atoms with Gasteiger partial charge in [0.15, 0.2) is 5.78 Å². The molecule has 1 N–H and O–H groups in total. The first-order valence-corrected chi connectivity index (χ1v) is 6.14. The summed E-state index contributed by atoms with van der Waals surface area (Å²) in [6.45, 7) is 13.9. The maximum Gasteiger partial charge on any atom is 0.156 e. The molecule has 0 aromatic heterocycles. The molecule has 16 heavy (non-hydrogen) atoms. The van der Waals surface area contributed by atoms with Crippen molar-refractivity contribution in [3.05, 3.63) is 12.2 Å². The van der Waals surface area contributed by atoms with Crippen LogP contribution in [0.4, 0.5) is 0 Å². The fraction of sp³-hybridized carbons (Fsp3) is 0.769. The molecule has 0 aliphatic carbocycles. The number of nitrogens with one attached hydrogen (secondary N) is 1. The van der Waals surface area contributed by atoms with Crippen molar-refractivity contribution in [2.45, 2.75) is 39.2 Å². The summed E-state index contributed by atoms with van der Waals surface area (Å²) in [7, 11) is 0. The maximum atomic E-state index is 12.2. The van der Waals surface area contributed by atoms with Gasteiger partial charge in [-0.25, -0.2) is 0 Å². The molecule has 0 saturated carbocycles. The van der Waals surface area contributed by atoms with Gasteiger partial charge in [-0.15, -0.1) is 0 Å². The Bertz CT molecular complexity index is 265. The van der Waals surface area contributed by atoms with E-state index in [1.165, 1.54) is 0 Å². The highest BCUT2D eigenvalue weighted by Crippen LogP contribution is 2.20. The van der Waals surface area contributed by atoms with Crippen LogP contribution in [0.15, 0.2) is 12.2 Å². The smallest absolute Gasteiger partial charge is 0.156 e. The predicted octanol–water partition coefficient (Wildman–Crippen LogP) is 1.60. The topological polar surface area (TPSA) is 32.3 Å². The normalized spacial score (nSPS) is 18.4. The molecule has 1 aliphatic rings. The van der Waals surface area contributed by atoms with Gasteiger partial charge >= 0.3 is 0 Å². The molecule has 0 unspecified atom stereocenters. The first-order chi connectivity index (χ1) is 7.48. The second-order valence-corrected chi connectivity index (χ2v) is 5.00. The summed E-state index contributed by atoms with van der Waals surface area (Å²) in [6.07, 6.45) is 1.41. The van der Waals surface area contributed by atoms with Crippen LogP contribution in [0.5, 0.6) is 0 Å². The molecule has 0 radical (unpaired) electrons. The Morgan fingerprint density at radius 1 is 1.38 bits per heavy atom. The van der Waals surface area contributed by atoms with Gasteiger partial charge in [0, 0.05) is 32.6 Å². The van der Waals surface area contributed by atoms with Crippen LogP contribution in [0.3, 0.4) is 0 Å². The second-order valence-electron chi connectivity index (χ2n) is 5.00. The molecule has 0 atom stereocenters. The number of hydrogen-bond donors (Lipinski definition) is 1. The molecule has 3 nitrogen and oxygen atoms in total. The number of carbonyl (C=O) groups excluding carboxylic acids is 1. The average Bonchev–Trinajstić information content (AvgIpc) is 2.29. The maximum absolute atomic E-state index is 12.2. The minimum atomic E-state index is -0.347. The van der Waals surface area contributed by atoms with Gasteiger partial charge in [0.25, 0.3) is 0 Å². The summed E-state index contributed by atoms with van der Waals surface area (Å²) in [5, 5.41) is 3.31. The van der Waals surface area contributed by atoms with Crippen molar-refractivity contribution in [2.75, 3.05) is 26.2 Å². The van der Waals surface area contributed by atoms with E-state index in [0.29, 0.717) is 12.2 Å². The number of piperazine rings is 1. The van der Waals surface area contributed by atoms with Gasteiger partial charge < -0.3 is 5.32 Å². The zero-order chi connectivity index (χ0) is 12.2. The van der Waals surface area contributed by atoms with E-state index in [1.807, 2.05) is 20.8 Å². The zero-order valence-corrected chi connectivity index (χ0v) is 10.8. The lowest BCUT2D eigenvalue weighted by Gasteiger charge is -2.40. The molecule has 0 aromatic carbocycles. The summed E-state index contributed by atoms with van der Waals surface area (Å²) in [4.78, 5) is 14.5. The highest BCUT2D eigenvalue weighted by atomic mass is 16.1. The lowest BCUT2D eigenvalue weighted by atomic mass is 9.91. The Morgan fingerprint density at radius 3 is 2.44 bits per heavy atom. The molecule has 1 heterocycles. The van der Waals surface area contributed by atoms with Crippen molar-refractivity contribution in [3.63, 3.8) is 0 Å². The SMILES string of the molecule is C=C(CC)CC(=O)C(C)(C)N1CCNCC1. The third-order valence-corrected chi connectivity index (χ3v) is 3.50. The van der Waals surface area contributed by atoms with E-state index in [0.717, 1.165) is 38.2 Å². The van der Waals surface area contributed by atoms with E-state index in [2.05, 4.69) is 16.8 Å². The van der Waals surface area contributed by atoms with Crippen molar-refractivity contribution in [1.29, 1.82) is 0 Å².